The number of rotatable bonds is 6. The molecule has 0 radical (unpaired) electrons. The van der Waals surface area contributed by atoms with Crippen LogP contribution in [0.15, 0.2) is 47.5 Å². The summed E-state index contributed by atoms with van der Waals surface area (Å²) in [5.41, 5.74) is 1.27. The van der Waals surface area contributed by atoms with Gasteiger partial charge in [0.2, 0.25) is 0 Å². The minimum absolute atomic E-state index is 0. The van der Waals surface area contributed by atoms with Crippen LogP contribution in [0.1, 0.15) is 38.3 Å². The molecule has 0 aromatic heterocycles. The average molecular weight is 513 g/mol. The Kier molecular flexibility index (Phi) is 9.37. The number of guanidine groups is 1. The first-order chi connectivity index (χ1) is 13.2. The van der Waals surface area contributed by atoms with Gasteiger partial charge in [-0.25, -0.2) is 0 Å². The highest BCUT2D eigenvalue weighted by Gasteiger charge is 2.31. The van der Waals surface area contributed by atoms with Crippen molar-refractivity contribution in [2.45, 2.75) is 37.5 Å². The zero-order chi connectivity index (χ0) is 19.1. The van der Waals surface area contributed by atoms with Gasteiger partial charge < -0.3 is 15.4 Å². The van der Waals surface area contributed by atoms with Crippen LogP contribution >= 0.6 is 35.7 Å². The summed E-state index contributed by atoms with van der Waals surface area (Å²) in [6, 6.07) is 15.3. The first-order valence-corrected chi connectivity index (χ1v) is 11.0. The molecule has 1 fully saturated rings. The molecule has 3 rings (SSSR count). The van der Waals surface area contributed by atoms with Crippen molar-refractivity contribution >= 4 is 52.5 Å². The van der Waals surface area contributed by atoms with Gasteiger partial charge in [0.05, 0.1) is 12.6 Å². The first-order valence-electron chi connectivity index (χ1n) is 9.82. The van der Waals surface area contributed by atoms with E-state index >= 15 is 0 Å². The lowest BCUT2D eigenvalue weighted by atomic mass is 9.99. The monoisotopic (exact) mass is 513 g/mol. The molecule has 4 nitrogen and oxygen atoms in total. The molecule has 2 aromatic carbocycles. The third-order valence-electron chi connectivity index (χ3n) is 5.33. The third-order valence-corrected chi connectivity index (χ3v) is 6.74. The minimum atomic E-state index is 0. The Morgan fingerprint density at radius 2 is 1.89 bits per heavy atom. The van der Waals surface area contributed by atoms with E-state index in [1.165, 1.54) is 16.3 Å². The number of thioether (sulfide) groups is 1. The molecule has 1 unspecified atom stereocenters. The lowest BCUT2D eigenvalue weighted by Gasteiger charge is -2.34. The van der Waals surface area contributed by atoms with E-state index in [-0.39, 0.29) is 34.8 Å². The maximum absolute atomic E-state index is 5.55. The number of nitrogens with one attached hydrogen (secondary N) is 2. The molecule has 0 saturated carbocycles. The Labute approximate surface area is 190 Å². The summed E-state index contributed by atoms with van der Waals surface area (Å²) in [6.07, 6.45) is 4.33. The maximum Gasteiger partial charge on any atom is 0.191 e. The second-order valence-electron chi connectivity index (χ2n) is 7.17. The van der Waals surface area contributed by atoms with Crippen molar-refractivity contribution in [3.63, 3.8) is 0 Å². The molecule has 0 spiro atoms. The van der Waals surface area contributed by atoms with Crippen LogP contribution in [-0.4, -0.2) is 43.3 Å². The maximum atomic E-state index is 5.55. The summed E-state index contributed by atoms with van der Waals surface area (Å²) in [6.45, 7) is 7.65. The molecule has 0 aliphatic carbocycles. The topological polar surface area (TPSA) is 45.7 Å². The van der Waals surface area contributed by atoms with E-state index in [2.05, 4.69) is 73.2 Å². The Bertz CT molecular complexity index is 777. The lowest BCUT2D eigenvalue weighted by Crippen LogP contribution is -2.41. The zero-order valence-corrected chi connectivity index (χ0v) is 20.2. The van der Waals surface area contributed by atoms with Gasteiger partial charge in [-0.15, -0.1) is 24.0 Å². The van der Waals surface area contributed by atoms with Crippen LogP contribution in [0.2, 0.25) is 0 Å². The third kappa shape index (κ3) is 6.00. The van der Waals surface area contributed by atoms with Gasteiger partial charge in [-0.05, 0) is 55.3 Å². The lowest BCUT2D eigenvalue weighted by molar-refractivity contribution is 0.0794. The Morgan fingerprint density at radius 1 is 1.18 bits per heavy atom. The van der Waals surface area contributed by atoms with Gasteiger partial charge in [0.15, 0.2) is 5.96 Å². The molecule has 2 aromatic rings. The Balaban J connectivity index is 0.00000280. The summed E-state index contributed by atoms with van der Waals surface area (Å²) in [7, 11) is 0. The van der Waals surface area contributed by atoms with E-state index in [0.29, 0.717) is 0 Å². The van der Waals surface area contributed by atoms with Crippen molar-refractivity contribution in [2.75, 3.05) is 32.6 Å². The highest BCUT2D eigenvalue weighted by molar-refractivity contribution is 14.0. The number of nitrogens with zero attached hydrogens (tertiary/aromatic N) is 1. The number of fused-ring (bicyclic) bond motifs is 1. The molecule has 1 aliphatic heterocycles. The molecule has 1 saturated heterocycles. The van der Waals surface area contributed by atoms with E-state index in [1.807, 2.05) is 11.8 Å². The molecule has 6 heteroatoms. The van der Waals surface area contributed by atoms with Gasteiger partial charge in [0, 0.05) is 24.5 Å². The highest BCUT2D eigenvalue weighted by atomic mass is 127. The molecule has 1 heterocycles. The summed E-state index contributed by atoms with van der Waals surface area (Å²) in [5.74, 6) is 0.887. The average Bonchev–Trinajstić information content (AvgIpc) is 2.72. The van der Waals surface area contributed by atoms with Gasteiger partial charge >= 0.3 is 0 Å². The fourth-order valence-electron chi connectivity index (χ4n) is 3.48. The van der Waals surface area contributed by atoms with Crippen LogP contribution in [0.5, 0.6) is 0 Å². The fourth-order valence-corrected chi connectivity index (χ4v) is 4.25. The van der Waals surface area contributed by atoms with Gasteiger partial charge in [-0.2, -0.15) is 11.8 Å². The minimum Gasteiger partial charge on any atom is -0.381 e. The van der Waals surface area contributed by atoms with Gasteiger partial charge in [-0.1, -0.05) is 36.4 Å². The molecular formula is C22H32IN3OS. The quantitative estimate of drug-likeness (QED) is 0.325. The molecule has 2 N–H and O–H groups in total. The van der Waals surface area contributed by atoms with Gasteiger partial charge in [0.1, 0.15) is 0 Å². The summed E-state index contributed by atoms with van der Waals surface area (Å²) < 4.78 is 5.75. The number of benzene rings is 2. The molecular weight excluding hydrogens is 481 g/mol. The fraction of sp³-hybridized carbons (Fsp3) is 0.500. The summed E-state index contributed by atoms with van der Waals surface area (Å²) in [4.78, 5) is 4.93. The van der Waals surface area contributed by atoms with Crippen LogP contribution in [0.25, 0.3) is 10.8 Å². The van der Waals surface area contributed by atoms with E-state index in [1.54, 1.807) is 0 Å². The van der Waals surface area contributed by atoms with Crippen LogP contribution < -0.4 is 10.6 Å². The van der Waals surface area contributed by atoms with Crippen molar-refractivity contribution in [1.82, 2.24) is 10.6 Å². The molecule has 154 valence electrons. The zero-order valence-electron chi connectivity index (χ0n) is 17.0. The normalized spacial score (nSPS) is 17.6. The van der Waals surface area contributed by atoms with Crippen LogP contribution in [0, 0.1) is 0 Å². The van der Waals surface area contributed by atoms with Crippen molar-refractivity contribution in [1.29, 1.82) is 0 Å². The Morgan fingerprint density at radius 3 is 2.57 bits per heavy atom. The number of hydrogen-bond donors (Lipinski definition) is 2. The number of hydrogen-bond acceptors (Lipinski definition) is 3. The number of halogens is 1. The van der Waals surface area contributed by atoms with Crippen LogP contribution in [-0.2, 0) is 4.74 Å². The Hall–Kier alpha value is -0.990. The highest BCUT2D eigenvalue weighted by Crippen LogP contribution is 2.34. The predicted molar refractivity (Wildman–Crippen MR) is 133 cm³/mol. The van der Waals surface area contributed by atoms with Gasteiger partial charge in [0.25, 0.3) is 0 Å². The number of aliphatic imine (C=N–C) groups is 1. The van der Waals surface area contributed by atoms with E-state index in [0.717, 1.165) is 45.1 Å². The van der Waals surface area contributed by atoms with Crippen LogP contribution in [0.3, 0.4) is 0 Å². The standard InChI is InChI=1S/C22H31N3OS.HI/c1-4-23-21(24-16-22(27-3)11-13-26-14-12-22)25-17(2)19-10-9-18-7-5-6-8-20(18)15-19;/h5-10,15,17H,4,11-14,16H2,1-3H3,(H2,23,24,25);1H. The van der Waals surface area contributed by atoms with E-state index in [4.69, 9.17) is 9.73 Å². The number of ether oxygens (including phenoxy) is 1. The molecule has 1 aliphatic rings. The second kappa shape index (κ2) is 11.3. The molecule has 0 bridgehead atoms. The SMILES string of the molecule is CCNC(=NCC1(SC)CCOCC1)NC(C)c1ccc2ccccc2c1.I. The largest absolute Gasteiger partial charge is 0.381 e. The van der Waals surface area contributed by atoms with E-state index in [9.17, 15) is 0 Å². The molecule has 28 heavy (non-hydrogen) atoms. The predicted octanol–water partition coefficient (Wildman–Crippen LogP) is 4.99. The second-order valence-corrected chi connectivity index (χ2v) is 8.44. The first kappa shape index (κ1) is 23.3. The summed E-state index contributed by atoms with van der Waals surface area (Å²) in [5, 5.41) is 9.52. The van der Waals surface area contributed by atoms with Crippen molar-refractivity contribution in [3.05, 3.63) is 48.0 Å². The van der Waals surface area contributed by atoms with Crippen molar-refractivity contribution in [2.24, 2.45) is 4.99 Å². The van der Waals surface area contributed by atoms with E-state index < -0.39 is 0 Å². The van der Waals surface area contributed by atoms with Crippen LogP contribution in [0.4, 0.5) is 0 Å². The molecule has 0 amide bonds. The molecule has 1 atom stereocenters. The summed E-state index contributed by atoms with van der Waals surface area (Å²) >= 11 is 1.93. The van der Waals surface area contributed by atoms with Gasteiger partial charge in [-0.3, -0.25) is 4.99 Å². The smallest absolute Gasteiger partial charge is 0.191 e. The van der Waals surface area contributed by atoms with Crippen molar-refractivity contribution in [3.8, 4) is 0 Å². The van der Waals surface area contributed by atoms with Crippen molar-refractivity contribution < 1.29 is 4.74 Å².